The van der Waals surface area contributed by atoms with Gasteiger partial charge in [-0.15, -0.1) is 10.2 Å². The van der Waals surface area contributed by atoms with Crippen LogP contribution in [0, 0.1) is 25.6 Å². The Morgan fingerprint density at radius 2 is 2.08 bits per heavy atom. The van der Waals surface area contributed by atoms with Gasteiger partial charge in [-0.05, 0) is 37.1 Å². The highest BCUT2D eigenvalue weighted by atomic mass is 32.2. The summed E-state index contributed by atoms with van der Waals surface area (Å²) in [5.41, 5.74) is 1.05. The van der Waals surface area contributed by atoms with Gasteiger partial charge in [-0.1, -0.05) is 0 Å². The van der Waals surface area contributed by atoms with Crippen LogP contribution in [0.2, 0.25) is 0 Å². The van der Waals surface area contributed by atoms with Crippen LogP contribution in [-0.4, -0.2) is 61.4 Å². The van der Waals surface area contributed by atoms with Gasteiger partial charge in [-0.2, -0.15) is 0 Å². The topological polar surface area (TPSA) is 132 Å². The van der Waals surface area contributed by atoms with Gasteiger partial charge in [0.25, 0.3) is 5.91 Å². The van der Waals surface area contributed by atoms with Crippen LogP contribution in [0.5, 0.6) is 5.75 Å². The molecular formula is C23H25FN6O5S. The maximum absolute atomic E-state index is 13.6. The van der Waals surface area contributed by atoms with Crippen molar-refractivity contribution in [3.8, 4) is 5.75 Å². The number of carbonyl (C=O) groups is 2. The second kappa shape index (κ2) is 9.47. The Hall–Kier alpha value is -3.58. The van der Waals surface area contributed by atoms with Gasteiger partial charge >= 0.3 is 11.8 Å². The molecule has 5 rings (SSSR count). The highest BCUT2D eigenvalue weighted by Gasteiger charge is 2.38. The highest BCUT2D eigenvalue weighted by Crippen LogP contribution is 2.33. The molecule has 190 valence electrons. The number of hydrogen-bond donors (Lipinski definition) is 2. The minimum absolute atomic E-state index is 0.0496. The van der Waals surface area contributed by atoms with Crippen molar-refractivity contribution in [3.05, 3.63) is 53.3 Å². The van der Waals surface area contributed by atoms with Crippen LogP contribution in [0.25, 0.3) is 0 Å². The summed E-state index contributed by atoms with van der Waals surface area (Å²) in [6, 6.07) is 3.99. The highest BCUT2D eigenvalue weighted by molar-refractivity contribution is 7.83. The molecule has 0 bridgehead atoms. The summed E-state index contributed by atoms with van der Waals surface area (Å²) in [6.07, 6.45) is 2.17. The number of anilines is 1. The number of aromatic nitrogens is 3. The molecule has 2 N–H and O–H groups in total. The third kappa shape index (κ3) is 4.51. The summed E-state index contributed by atoms with van der Waals surface area (Å²) < 4.78 is 42.9. The Morgan fingerprint density at radius 1 is 1.28 bits per heavy atom. The Bertz CT molecular complexity index is 1370. The summed E-state index contributed by atoms with van der Waals surface area (Å²) in [5, 5.41) is 10.3. The third-order valence-corrected chi connectivity index (χ3v) is 7.59. The SMILES string of the molecule is Cc1nnc(C(=O)N2CCC3COc4c(cn(C)c4C(=O)Nc4ccc(F)c(C)c4)S(=O)NC3C2)o1. The van der Waals surface area contributed by atoms with Crippen LogP contribution in [0.1, 0.15) is 39.0 Å². The number of rotatable bonds is 3. The number of benzene rings is 1. The van der Waals surface area contributed by atoms with E-state index in [4.69, 9.17) is 9.15 Å². The van der Waals surface area contributed by atoms with Crippen LogP contribution in [0.3, 0.4) is 0 Å². The van der Waals surface area contributed by atoms with E-state index in [1.165, 1.54) is 18.2 Å². The summed E-state index contributed by atoms with van der Waals surface area (Å²) in [6.45, 7) is 4.22. The lowest BCUT2D eigenvalue weighted by atomic mass is 9.93. The van der Waals surface area contributed by atoms with E-state index in [9.17, 15) is 18.2 Å². The number of carbonyl (C=O) groups excluding carboxylic acids is 2. The Kier molecular flexibility index (Phi) is 6.35. The number of halogens is 1. The van der Waals surface area contributed by atoms with Gasteiger partial charge in [0, 0.05) is 50.9 Å². The number of piperidine rings is 1. The van der Waals surface area contributed by atoms with E-state index in [0.717, 1.165) is 0 Å². The molecule has 0 saturated carbocycles. The van der Waals surface area contributed by atoms with Crippen LogP contribution >= 0.6 is 0 Å². The molecule has 0 spiro atoms. The summed E-state index contributed by atoms with van der Waals surface area (Å²) in [4.78, 5) is 27.8. The molecule has 2 aliphatic rings. The fourth-order valence-electron chi connectivity index (χ4n) is 4.45. The lowest BCUT2D eigenvalue weighted by Gasteiger charge is -2.38. The van der Waals surface area contributed by atoms with E-state index in [1.807, 2.05) is 0 Å². The monoisotopic (exact) mass is 516 g/mol. The minimum Gasteiger partial charge on any atom is -0.489 e. The van der Waals surface area contributed by atoms with E-state index in [-0.39, 0.29) is 47.6 Å². The van der Waals surface area contributed by atoms with Crippen molar-refractivity contribution < 1.29 is 27.3 Å². The molecule has 2 amide bonds. The van der Waals surface area contributed by atoms with Crippen molar-refractivity contribution >= 4 is 28.5 Å². The largest absolute Gasteiger partial charge is 0.489 e. The second-order valence-corrected chi connectivity index (χ2v) is 10.1. The number of hydrogen-bond acceptors (Lipinski definition) is 7. The molecule has 2 aliphatic heterocycles. The Labute approximate surface area is 208 Å². The number of nitrogens with one attached hydrogen (secondary N) is 2. The maximum Gasteiger partial charge on any atom is 0.311 e. The second-order valence-electron chi connectivity index (χ2n) is 8.93. The van der Waals surface area contributed by atoms with Crippen molar-refractivity contribution in [1.82, 2.24) is 24.4 Å². The number of ether oxygens (including phenoxy) is 1. The fourth-order valence-corrected chi connectivity index (χ4v) is 5.70. The van der Waals surface area contributed by atoms with E-state index >= 15 is 0 Å². The number of nitrogens with zero attached hydrogens (tertiary/aromatic N) is 4. The van der Waals surface area contributed by atoms with Gasteiger partial charge in [-0.3, -0.25) is 9.59 Å². The Balaban J connectivity index is 1.35. The lowest BCUT2D eigenvalue weighted by Crippen LogP contribution is -2.55. The van der Waals surface area contributed by atoms with Crippen LogP contribution < -0.4 is 14.8 Å². The van der Waals surface area contributed by atoms with Gasteiger partial charge in [0.1, 0.15) is 21.7 Å². The predicted octanol–water partition coefficient (Wildman–Crippen LogP) is 1.95. The molecule has 1 saturated heterocycles. The zero-order chi connectivity index (χ0) is 25.6. The molecular weight excluding hydrogens is 491 g/mol. The summed E-state index contributed by atoms with van der Waals surface area (Å²) in [7, 11) is -0.0417. The average molecular weight is 517 g/mol. The van der Waals surface area contributed by atoms with Gasteiger partial charge < -0.3 is 23.9 Å². The van der Waals surface area contributed by atoms with Gasteiger partial charge in [0.05, 0.1) is 6.61 Å². The van der Waals surface area contributed by atoms with Crippen molar-refractivity contribution in [3.63, 3.8) is 0 Å². The first-order valence-electron chi connectivity index (χ1n) is 11.4. The Morgan fingerprint density at radius 3 is 2.81 bits per heavy atom. The molecule has 36 heavy (non-hydrogen) atoms. The standard InChI is InChI=1S/C23H25FN6O5S/c1-12-8-15(4-5-16(12)24)25-21(31)19-20-18(10-29(19)3)36(33)28-17-9-30(7-6-14(17)11-34-20)23(32)22-27-26-13(2)35-22/h4-5,8,10,14,17,28H,6-7,9,11H2,1-3H3,(H,25,31). The van der Waals surface area contributed by atoms with Crippen molar-refractivity contribution in [1.29, 1.82) is 0 Å². The van der Waals surface area contributed by atoms with Crippen molar-refractivity contribution in [2.75, 3.05) is 25.0 Å². The predicted molar refractivity (Wildman–Crippen MR) is 126 cm³/mol. The van der Waals surface area contributed by atoms with Crippen LogP contribution in [-0.2, 0) is 18.0 Å². The molecule has 3 atom stereocenters. The van der Waals surface area contributed by atoms with Crippen molar-refractivity contribution in [2.45, 2.75) is 31.2 Å². The smallest absolute Gasteiger partial charge is 0.311 e. The fraction of sp³-hybridized carbons (Fsp3) is 0.391. The zero-order valence-corrected chi connectivity index (χ0v) is 20.7. The molecule has 2 aromatic heterocycles. The first-order chi connectivity index (χ1) is 17.2. The number of fused-ring (bicyclic) bond motifs is 2. The van der Waals surface area contributed by atoms with E-state index < -0.39 is 16.9 Å². The van der Waals surface area contributed by atoms with Gasteiger partial charge in [-0.25, -0.2) is 13.3 Å². The quantitative estimate of drug-likeness (QED) is 0.544. The number of amides is 2. The van der Waals surface area contributed by atoms with Gasteiger partial charge in [0.2, 0.25) is 5.89 Å². The first kappa shape index (κ1) is 24.1. The molecule has 13 heteroatoms. The van der Waals surface area contributed by atoms with E-state index in [2.05, 4.69) is 20.2 Å². The van der Waals surface area contributed by atoms with E-state index in [1.54, 1.807) is 36.6 Å². The first-order valence-corrected chi connectivity index (χ1v) is 12.5. The molecule has 1 fully saturated rings. The van der Waals surface area contributed by atoms with Gasteiger partial charge in [0.15, 0.2) is 11.4 Å². The summed E-state index contributed by atoms with van der Waals surface area (Å²) >= 11 is 0. The molecule has 0 aliphatic carbocycles. The average Bonchev–Trinajstić information content (AvgIpc) is 3.42. The van der Waals surface area contributed by atoms with E-state index in [0.29, 0.717) is 41.5 Å². The lowest BCUT2D eigenvalue weighted by molar-refractivity contribution is 0.0564. The minimum atomic E-state index is -1.70. The molecule has 3 aromatic rings. The normalized spacial score (nSPS) is 21.6. The van der Waals surface area contributed by atoms with Crippen molar-refractivity contribution in [2.24, 2.45) is 13.0 Å². The zero-order valence-electron chi connectivity index (χ0n) is 19.9. The maximum atomic E-state index is 13.6. The number of aryl methyl sites for hydroxylation is 3. The van der Waals surface area contributed by atoms with Crippen LogP contribution in [0.15, 0.2) is 33.7 Å². The summed E-state index contributed by atoms with van der Waals surface area (Å²) in [5.74, 6) is -0.792. The number of likely N-dealkylation sites (tertiary alicyclic amines) is 1. The molecule has 0 radical (unpaired) electrons. The molecule has 1 aromatic carbocycles. The molecule has 3 unspecified atom stereocenters. The molecule has 4 heterocycles. The molecule has 11 nitrogen and oxygen atoms in total. The third-order valence-electron chi connectivity index (χ3n) is 6.39. The van der Waals surface area contributed by atoms with Crippen LogP contribution in [0.4, 0.5) is 10.1 Å².